The van der Waals surface area contributed by atoms with Crippen LogP contribution in [0.5, 0.6) is 0 Å². The predicted octanol–water partition coefficient (Wildman–Crippen LogP) is 2.27. The second kappa shape index (κ2) is 5.65. The van der Waals surface area contributed by atoms with Gasteiger partial charge in [0, 0.05) is 5.69 Å². The molecule has 1 aromatic rings. The number of aryl methyl sites for hydroxylation is 1. The lowest BCUT2D eigenvalue weighted by molar-refractivity contribution is -0.136. The summed E-state index contributed by atoms with van der Waals surface area (Å²) in [6.07, 6.45) is 2.06. The molecule has 0 aliphatic carbocycles. The van der Waals surface area contributed by atoms with Gasteiger partial charge >= 0.3 is 0 Å². The van der Waals surface area contributed by atoms with Crippen LogP contribution in [-0.2, 0) is 16.0 Å². The van der Waals surface area contributed by atoms with Gasteiger partial charge in [0.25, 0.3) is 5.91 Å². The van der Waals surface area contributed by atoms with Crippen molar-refractivity contribution in [2.75, 3.05) is 11.4 Å². The molecule has 0 saturated carbocycles. The summed E-state index contributed by atoms with van der Waals surface area (Å²) in [5.74, 6) is -0.0813. The van der Waals surface area contributed by atoms with Crippen molar-refractivity contribution in [2.45, 2.75) is 45.6 Å². The van der Waals surface area contributed by atoms with Crippen LogP contribution in [0.3, 0.4) is 0 Å². The average Bonchev–Trinajstić information content (AvgIpc) is 2.49. The van der Waals surface area contributed by atoms with E-state index in [0.29, 0.717) is 12.8 Å². The fourth-order valence-electron chi connectivity index (χ4n) is 2.83. The summed E-state index contributed by atoms with van der Waals surface area (Å²) in [6, 6.07) is 7.80. The van der Waals surface area contributed by atoms with Crippen molar-refractivity contribution >= 4 is 17.5 Å². The molecule has 1 aromatic carbocycles. The Balaban J connectivity index is 2.45. The first-order chi connectivity index (χ1) is 9.57. The molecule has 0 bridgehead atoms. The fourth-order valence-corrected chi connectivity index (χ4v) is 2.83. The second-order valence-corrected chi connectivity index (χ2v) is 5.21. The van der Waals surface area contributed by atoms with E-state index in [1.54, 1.807) is 4.90 Å². The van der Waals surface area contributed by atoms with Crippen LogP contribution >= 0.6 is 0 Å². The minimum absolute atomic E-state index is 0.00278. The van der Waals surface area contributed by atoms with E-state index < -0.39 is 5.54 Å². The molecule has 2 rings (SSSR count). The van der Waals surface area contributed by atoms with Crippen molar-refractivity contribution in [2.24, 2.45) is 0 Å². The average molecular weight is 274 g/mol. The van der Waals surface area contributed by atoms with Crippen molar-refractivity contribution in [3.63, 3.8) is 0 Å². The monoisotopic (exact) mass is 274 g/mol. The summed E-state index contributed by atoms with van der Waals surface area (Å²) in [5, 5.41) is 2.89. The van der Waals surface area contributed by atoms with Crippen LogP contribution in [-0.4, -0.2) is 23.9 Å². The zero-order chi connectivity index (χ0) is 14.8. The number of nitrogens with zero attached hydrogens (tertiary/aromatic N) is 1. The molecular weight excluding hydrogens is 252 g/mol. The van der Waals surface area contributed by atoms with Gasteiger partial charge in [-0.05, 0) is 30.9 Å². The van der Waals surface area contributed by atoms with Crippen molar-refractivity contribution in [1.82, 2.24) is 5.32 Å². The van der Waals surface area contributed by atoms with E-state index in [0.717, 1.165) is 17.7 Å². The maximum atomic E-state index is 12.8. The van der Waals surface area contributed by atoms with Gasteiger partial charge in [-0.3, -0.25) is 9.59 Å². The molecule has 0 radical (unpaired) electrons. The Labute approximate surface area is 120 Å². The molecule has 2 amide bonds. The Bertz CT molecular complexity index is 521. The van der Waals surface area contributed by atoms with Crippen LogP contribution in [0.2, 0.25) is 0 Å². The van der Waals surface area contributed by atoms with Crippen LogP contribution in [0, 0.1) is 0 Å². The van der Waals surface area contributed by atoms with E-state index in [2.05, 4.69) is 12.2 Å². The Kier molecular flexibility index (Phi) is 4.12. The van der Waals surface area contributed by atoms with Gasteiger partial charge in [0.15, 0.2) is 0 Å². The van der Waals surface area contributed by atoms with E-state index in [9.17, 15) is 9.59 Å². The Morgan fingerprint density at radius 3 is 2.40 bits per heavy atom. The van der Waals surface area contributed by atoms with Gasteiger partial charge in [-0.1, -0.05) is 39.0 Å². The van der Waals surface area contributed by atoms with Crippen LogP contribution in [0.4, 0.5) is 5.69 Å². The highest BCUT2D eigenvalue weighted by Gasteiger charge is 2.44. The van der Waals surface area contributed by atoms with E-state index in [-0.39, 0.29) is 18.4 Å². The van der Waals surface area contributed by atoms with Gasteiger partial charge in [0.05, 0.1) is 0 Å². The van der Waals surface area contributed by atoms with Gasteiger partial charge in [-0.25, -0.2) is 0 Å². The van der Waals surface area contributed by atoms with Crippen LogP contribution in [0.25, 0.3) is 0 Å². The highest BCUT2D eigenvalue weighted by Crippen LogP contribution is 2.29. The molecule has 0 atom stereocenters. The summed E-state index contributed by atoms with van der Waals surface area (Å²) in [5.41, 5.74) is 1.20. The third kappa shape index (κ3) is 2.30. The molecule has 20 heavy (non-hydrogen) atoms. The SMILES string of the molecule is CCc1ccccc1N1CC(=O)NC(CC)(CC)C1=O. The zero-order valence-electron chi connectivity index (χ0n) is 12.4. The van der Waals surface area contributed by atoms with Crippen molar-refractivity contribution in [1.29, 1.82) is 0 Å². The summed E-state index contributed by atoms with van der Waals surface area (Å²) < 4.78 is 0. The number of benzene rings is 1. The van der Waals surface area contributed by atoms with Crippen molar-refractivity contribution in [3.8, 4) is 0 Å². The highest BCUT2D eigenvalue weighted by atomic mass is 16.2. The molecule has 1 fully saturated rings. The first-order valence-electron chi connectivity index (χ1n) is 7.28. The summed E-state index contributed by atoms with van der Waals surface area (Å²) in [7, 11) is 0. The number of carbonyl (C=O) groups excluding carboxylic acids is 2. The summed E-state index contributed by atoms with van der Waals surface area (Å²) in [6.45, 7) is 6.05. The minimum atomic E-state index is -0.754. The lowest BCUT2D eigenvalue weighted by Gasteiger charge is -2.41. The first kappa shape index (κ1) is 14.6. The second-order valence-electron chi connectivity index (χ2n) is 5.21. The quantitative estimate of drug-likeness (QED) is 0.915. The minimum Gasteiger partial charge on any atom is -0.340 e. The molecule has 4 nitrogen and oxygen atoms in total. The van der Waals surface area contributed by atoms with Crippen molar-refractivity contribution in [3.05, 3.63) is 29.8 Å². The molecule has 0 unspecified atom stereocenters. The summed E-state index contributed by atoms with van der Waals surface area (Å²) >= 11 is 0. The van der Waals surface area contributed by atoms with Gasteiger partial charge in [-0.15, -0.1) is 0 Å². The number of carbonyl (C=O) groups is 2. The predicted molar refractivity (Wildman–Crippen MR) is 79.6 cm³/mol. The number of amides is 2. The molecule has 1 N–H and O–H groups in total. The van der Waals surface area contributed by atoms with Crippen LogP contribution in [0.1, 0.15) is 39.2 Å². The number of anilines is 1. The molecule has 0 spiro atoms. The maximum Gasteiger partial charge on any atom is 0.253 e. The van der Waals surface area contributed by atoms with Crippen molar-refractivity contribution < 1.29 is 9.59 Å². The Morgan fingerprint density at radius 2 is 1.80 bits per heavy atom. The van der Waals surface area contributed by atoms with Gasteiger partial charge in [0.1, 0.15) is 12.1 Å². The number of hydrogen-bond acceptors (Lipinski definition) is 2. The van der Waals surface area contributed by atoms with Gasteiger partial charge in [-0.2, -0.15) is 0 Å². The smallest absolute Gasteiger partial charge is 0.253 e. The number of nitrogens with one attached hydrogen (secondary N) is 1. The highest BCUT2D eigenvalue weighted by molar-refractivity contribution is 6.09. The normalized spacial score (nSPS) is 18.1. The largest absolute Gasteiger partial charge is 0.340 e. The summed E-state index contributed by atoms with van der Waals surface area (Å²) in [4.78, 5) is 26.5. The topological polar surface area (TPSA) is 49.4 Å². The molecule has 1 aliphatic heterocycles. The third-order valence-corrected chi connectivity index (χ3v) is 4.21. The zero-order valence-corrected chi connectivity index (χ0v) is 12.4. The van der Waals surface area contributed by atoms with E-state index in [4.69, 9.17) is 0 Å². The lowest BCUT2D eigenvalue weighted by Crippen LogP contribution is -2.66. The third-order valence-electron chi connectivity index (χ3n) is 4.21. The van der Waals surface area contributed by atoms with Gasteiger partial charge < -0.3 is 10.2 Å². The number of hydrogen-bond donors (Lipinski definition) is 1. The van der Waals surface area contributed by atoms with E-state index in [1.165, 1.54) is 0 Å². The number of piperazine rings is 1. The lowest BCUT2D eigenvalue weighted by atomic mass is 9.88. The fraction of sp³-hybridized carbons (Fsp3) is 0.500. The molecule has 1 saturated heterocycles. The van der Waals surface area contributed by atoms with Crippen LogP contribution in [0.15, 0.2) is 24.3 Å². The van der Waals surface area contributed by atoms with E-state index in [1.807, 2.05) is 38.1 Å². The molecule has 108 valence electrons. The number of rotatable bonds is 4. The number of para-hydroxylation sites is 1. The maximum absolute atomic E-state index is 12.8. The Morgan fingerprint density at radius 1 is 1.15 bits per heavy atom. The molecule has 0 aromatic heterocycles. The van der Waals surface area contributed by atoms with Gasteiger partial charge in [0.2, 0.25) is 5.91 Å². The standard InChI is InChI=1S/C16H22N2O2/c1-4-12-9-7-8-10-13(12)18-11-14(19)17-16(5-2,6-3)15(18)20/h7-10H,4-6,11H2,1-3H3,(H,17,19). The molecule has 1 heterocycles. The molecule has 4 heteroatoms. The van der Waals surface area contributed by atoms with E-state index >= 15 is 0 Å². The first-order valence-corrected chi connectivity index (χ1v) is 7.28. The molecule has 1 aliphatic rings. The molecular formula is C16H22N2O2. The van der Waals surface area contributed by atoms with Crippen LogP contribution < -0.4 is 10.2 Å². The Hall–Kier alpha value is -1.84.